The summed E-state index contributed by atoms with van der Waals surface area (Å²) in [4.78, 5) is 30.9. The van der Waals surface area contributed by atoms with Crippen molar-refractivity contribution in [3.63, 3.8) is 0 Å². The van der Waals surface area contributed by atoms with Crippen LogP contribution in [0.3, 0.4) is 0 Å². The second-order valence-corrected chi connectivity index (χ2v) is 8.06. The van der Waals surface area contributed by atoms with E-state index < -0.39 is 0 Å². The van der Waals surface area contributed by atoms with Crippen molar-refractivity contribution in [2.45, 2.75) is 32.7 Å². The average Bonchev–Trinajstić information content (AvgIpc) is 2.98. The predicted octanol–water partition coefficient (Wildman–Crippen LogP) is 3.36. The summed E-state index contributed by atoms with van der Waals surface area (Å²) in [6, 6.07) is 8.30. The fourth-order valence-corrected chi connectivity index (χ4v) is 4.82. The average molecular weight is 367 g/mol. The van der Waals surface area contributed by atoms with E-state index in [1.807, 2.05) is 19.1 Å². The molecule has 1 amide bonds. The molecule has 3 aromatic rings. The zero-order chi connectivity index (χ0) is 18.4. The van der Waals surface area contributed by atoms with Crippen molar-refractivity contribution in [1.82, 2.24) is 14.9 Å². The molecule has 0 saturated carbocycles. The molecule has 2 atom stereocenters. The van der Waals surface area contributed by atoms with Crippen LogP contribution in [0, 0.1) is 12.8 Å². The SMILES string of the molecule is Cc1c(C(=O)N[C@H]2c3ccccc3CC[C@H]2C)sc2ncn(C)c(=O)c12. The van der Waals surface area contributed by atoms with Crippen molar-refractivity contribution in [1.29, 1.82) is 0 Å². The molecule has 1 aromatic carbocycles. The molecule has 134 valence electrons. The first kappa shape index (κ1) is 17.0. The third kappa shape index (κ3) is 2.65. The van der Waals surface area contributed by atoms with E-state index >= 15 is 0 Å². The zero-order valence-electron chi connectivity index (χ0n) is 15.1. The fourth-order valence-electron chi connectivity index (χ4n) is 3.77. The van der Waals surface area contributed by atoms with Gasteiger partial charge >= 0.3 is 0 Å². The Morgan fingerprint density at radius 2 is 2.12 bits per heavy atom. The van der Waals surface area contributed by atoms with Gasteiger partial charge in [-0.3, -0.25) is 9.59 Å². The van der Waals surface area contributed by atoms with Crippen LogP contribution < -0.4 is 10.9 Å². The maximum absolute atomic E-state index is 13.0. The Morgan fingerprint density at radius 1 is 1.35 bits per heavy atom. The molecule has 5 nitrogen and oxygen atoms in total. The molecule has 0 bridgehead atoms. The number of carbonyl (C=O) groups is 1. The van der Waals surface area contributed by atoms with Crippen LogP contribution >= 0.6 is 11.3 Å². The van der Waals surface area contributed by atoms with Crippen molar-refractivity contribution >= 4 is 27.5 Å². The number of nitrogens with one attached hydrogen (secondary N) is 1. The molecule has 6 heteroatoms. The van der Waals surface area contributed by atoms with E-state index in [9.17, 15) is 9.59 Å². The Labute approximate surface area is 155 Å². The van der Waals surface area contributed by atoms with Gasteiger partial charge in [0.25, 0.3) is 11.5 Å². The Hall–Kier alpha value is -2.47. The number of aryl methyl sites for hydroxylation is 3. The van der Waals surface area contributed by atoms with Gasteiger partial charge in [-0.1, -0.05) is 31.2 Å². The molecule has 2 aromatic heterocycles. The molecule has 4 rings (SSSR count). The summed E-state index contributed by atoms with van der Waals surface area (Å²) in [7, 11) is 1.67. The lowest BCUT2D eigenvalue weighted by atomic mass is 9.80. The van der Waals surface area contributed by atoms with Crippen LogP contribution in [-0.2, 0) is 13.5 Å². The summed E-state index contributed by atoms with van der Waals surface area (Å²) in [5, 5.41) is 3.76. The quantitative estimate of drug-likeness (QED) is 0.755. The van der Waals surface area contributed by atoms with E-state index in [-0.39, 0.29) is 17.5 Å². The molecular weight excluding hydrogens is 346 g/mol. The number of rotatable bonds is 2. The van der Waals surface area contributed by atoms with Gasteiger partial charge in [0, 0.05) is 7.05 Å². The van der Waals surface area contributed by atoms with E-state index in [0.29, 0.717) is 26.6 Å². The van der Waals surface area contributed by atoms with Crippen molar-refractivity contribution in [3.05, 3.63) is 62.5 Å². The Kier molecular flexibility index (Phi) is 4.15. The maximum Gasteiger partial charge on any atom is 0.262 e. The number of thiophene rings is 1. The molecule has 0 aliphatic heterocycles. The second-order valence-electron chi connectivity index (χ2n) is 7.06. The molecule has 0 radical (unpaired) electrons. The Balaban J connectivity index is 1.72. The van der Waals surface area contributed by atoms with Gasteiger partial charge in [0.2, 0.25) is 0 Å². The van der Waals surface area contributed by atoms with Crippen LogP contribution in [0.5, 0.6) is 0 Å². The van der Waals surface area contributed by atoms with Crippen LogP contribution in [0.15, 0.2) is 35.4 Å². The van der Waals surface area contributed by atoms with Crippen LogP contribution in [0.1, 0.15) is 45.7 Å². The topological polar surface area (TPSA) is 64.0 Å². The number of benzene rings is 1. The van der Waals surface area contributed by atoms with Gasteiger partial charge in [-0.15, -0.1) is 11.3 Å². The molecule has 0 unspecified atom stereocenters. The molecule has 1 N–H and O–H groups in total. The van der Waals surface area contributed by atoms with E-state index in [0.717, 1.165) is 12.8 Å². The van der Waals surface area contributed by atoms with Gasteiger partial charge in [-0.2, -0.15) is 0 Å². The van der Waals surface area contributed by atoms with Crippen LogP contribution in [0.4, 0.5) is 0 Å². The first-order valence-corrected chi connectivity index (χ1v) is 9.62. The lowest BCUT2D eigenvalue weighted by Gasteiger charge is -2.32. The first-order valence-electron chi connectivity index (χ1n) is 8.80. The highest BCUT2D eigenvalue weighted by atomic mass is 32.1. The summed E-state index contributed by atoms with van der Waals surface area (Å²) >= 11 is 1.29. The largest absolute Gasteiger partial charge is 0.344 e. The zero-order valence-corrected chi connectivity index (χ0v) is 15.9. The minimum absolute atomic E-state index is 0.00662. The van der Waals surface area contributed by atoms with E-state index in [4.69, 9.17) is 0 Å². The second kappa shape index (κ2) is 6.36. The van der Waals surface area contributed by atoms with Crippen LogP contribution in [0.25, 0.3) is 10.2 Å². The summed E-state index contributed by atoms with van der Waals surface area (Å²) in [5.41, 5.74) is 3.11. The fraction of sp³-hybridized carbons (Fsp3) is 0.350. The van der Waals surface area contributed by atoms with Gasteiger partial charge in [0.05, 0.1) is 22.6 Å². The number of hydrogen-bond acceptors (Lipinski definition) is 4. The van der Waals surface area contributed by atoms with Crippen molar-refractivity contribution < 1.29 is 4.79 Å². The first-order chi connectivity index (χ1) is 12.5. The number of fused-ring (bicyclic) bond motifs is 2. The van der Waals surface area contributed by atoms with E-state index in [1.54, 1.807) is 7.05 Å². The van der Waals surface area contributed by atoms with Gasteiger partial charge < -0.3 is 9.88 Å². The van der Waals surface area contributed by atoms with Gasteiger partial charge in [-0.25, -0.2) is 4.98 Å². The molecule has 1 aliphatic rings. The standard InChI is InChI=1S/C20H21N3O2S/c1-11-8-9-13-6-4-5-7-14(13)16(11)22-18(24)17-12(2)15-19(26-17)21-10-23(3)20(15)25/h4-7,10-11,16H,8-9H2,1-3H3,(H,22,24)/t11-,16-/m1/s1. The highest BCUT2D eigenvalue weighted by Gasteiger charge is 2.29. The minimum Gasteiger partial charge on any atom is -0.344 e. The van der Waals surface area contributed by atoms with Crippen molar-refractivity contribution in [2.24, 2.45) is 13.0 Å². The predicted molar refractivity (Wildman–Crippen MR) is 104 cm³/mol. The van der Waals surface area contributed by atoms with Crippen molar-refractivity contribution in [3.8, 4) is 0 Å². The number of carbonyl (C=O) groups excluding carboxylic acids is 1. The van der Waals surface area contributed by atoms with Crippen LogP contribution in [0.2, 0.25) is 0 Å². The highest BCUT2D eigenvalue weighted by molar-refractivity contribution is 7.20. The lowest BCUT2D eigenvalue weighted by Crippen LogP contribution is -2.35. The van der Waals surface area contributed by atoms with E-state index in [2.05, 4.69) is 29.4 Å². The minimum atomic E-state index is -0.124. The lowest BCUT2D eigenvalue weighted by molar-refractivity contribution is 0.0923. The summed E-state index contributed by atoms with van der Waals surface area (Å²) in [6.07, 6.45) is 3.60. The van der Waals surface area contributed by atoms with Gasteiger partial charge in [0.1, 0.15) is 4.83 Å². The van der Waals surface area contributed by atoms with Crippen molar-refractivity contribution in [2.75, 3.05) is 0 Å². The Morgan fingerprint density at radius 3 is 2.92 bits per heavy atom. The highest BCUT2D eigenvalue weighted by Crippen LogP contribution is 2.35. The summed E-state index contributed by atoms with van der Waals surface area (Å²) in [6.45, 7) is 4.01. The van der Waals surface area contributed by atoms with Crippen LogP contribution in [-0.4, -0.2) is 15.5 Å². The molecule has 1 aliphatic carbocycles. The smallest absolute Gasteiger partial charge is 0.262 e. The number of aromatic nitrogens is 2. The molecule has 0 saturated heterocycles. The summed E-state index contributed by atoms with van der Waals surface area (Å²) in [5.74, 6) is 0.246. The number of amides is 1. The van der Waals surface area contributed by atoms with Gasteiger partial charge in [0.15, 0.2) is 0 Å². The number of nitrogens with zero attached hydrogens (tertiary/aromatic N) is 2. The Bertz CT molecular complexity index is 1070. The molecule has 26 heavy (non-hydrogen) atoms. The molecular formula is C20H21N3O2S. The molecule has 0 fully saturated rings. The van der Waals surface area contributed by atoms with Gasteiger partial charge in [-0.05, 0) is 42.4 Å². The normalized spacial score (nSPS) is 19.3. The molecule has 2 heterocycles. The summed E-state index contributed by atoms with van der Waals surface area (Å²) < 4.78 is 1.45. The monoisotopic (exact) mass is 367 g/mol. The third-order valence-corrected chi connectivity index (χ3v) is 6.53. The molecule has 0 spiro atoms. The van der Waals surface area contributed by atoms with E-state index in [1.165, 1.54) is 33.4 Å². The third-order valence-electron chi connectivity index (χ3n) is 5.33. The number of hydrogen-bond donors (Lipinski definition) is 1. The maximum atomic E-state index is 13.0.